The van der Waals surface area contributed by atoms with E-state index in [4.69, 9.17) is 0 Å². The lowest BCUT2D eigenvalue weighted by molar-refractivity contribution is 0.516. The van der Waals surface area contributed by atoms with Crippen molar-refractivity contribution in [3.8, 4) is 0 Å². The summed E-state index contributed by atoms with van der Waals surface area (Å²) < 4.78 is 23.1. The van der Waals surface area contributed by atoms with Crippen molar-refractivity contribution in [1.29, 1.82) is 0 Å². The van der Waals surface area contributed by atoms with E-state index in [9.17, 15) is 8.42 Å². The molecule has 2 rings (SSSR count). The first-order chi connectivity index (χ1) is 7.09. The van der Waals surface area contributed by atoms with Crippen LogP contribution in [0.2, 0.25) is 0 Å². The molecule has 2 nitrogen and oxygen atoms in total. The summed E-state index contributed by atoms with van der Waals surface area (Å²) >= 11 is 0. The number of sulfone groups is 1. The molecule has 0 amide bonds. The van der Waals surface area contributed by atoms with Crippen molar-refractivity contribution in [1.82, 2.24) is 0 Å². The maximum Gasteiger partial charge on any atom is 0.152 e. The SMILES string of the molecule is C[C@@H]1C[C@H](c2ccccc2)CCS1(=O)=O. The van der Waals surface area contributed by atoms with Crippen LogP contribution in [-0.2, 0) is 9.84 Å². The summed E-state index contributed by atoms with van der Waals surface area (Å²) in [5.74, 6) is 0.762. The van der Waals surface area contributed by atoms with Crippen molar-refractivity contribution >= 4 is 9.84 Å². The fourth-order valence-corrected chi connectivity index (χ4v) is 3.74. The van der Waals surface area contributed by atoms with E-state index in [0.29, 0.717) is 11.7 Å². The molecule has 0 aliphatic carbocycles. The Balaban J connectivity index is 2.16. The average Bonchev–Trinajstić information content (AvgIpc) is 2.23. The highest BCUT2D eigenvalue weighted by molar-refractivity contribution is 7.92. The third kappa shape index (κ3) is 2.23. The van der Waals surface area contributed by atoms with Crippen LogP contribution in [0.25, 0.3) is 0 Å². The standard InChI is InChI=1S/C12H16O2S/c1-10-9-12(7-8-15(10,13)14)11-5-3-2-4-6-11/h2-6,10,12H,7-9H2,1H3/t10-,12-/m1/s1. The zero-order valence-corrected chi connectivity index (χ0v) is 9.70. The summed E-state index contributed by atoms with van der Waals surface area (Å²) in [5, 5.41) is -0.184. The van der Waals surface area contributed by atoms with Crippen molar-refractivity contribution in [2.75, 3.05) is 5.75 Å². The molecule has 3 heteroatoms. The van der Waals surface area contributed by atoms with Gasteiger partial charge in [0, 0.05) is 0 Å². The Morgan fingerprint density at radius 2 is 1.87 bits per heavy atom. The molecule has 0 unspecified atom stereocenters. The largest absolute Gasteiger partial charge is 0.229 e. The summed E-state index contributed by atoms with van der Waals surface area (Å²) in [7, 11) is -2.80. The number of benzene rings is 1. The Kier molecular flexibility index (Phi) is 2.83. The normalized spacial score (nSPS) is 29.9. The molecule has 0 bridgehead atoms. The van der Waals surface area contributed by atoms with Gasteiger partial charge in [0.05, 0.1) is 11.0 Å². The molecule has 0 saturated carbocycles. The third-order valence-electron chi connectivity index (χ3n) is 3.25. The van der Waals surface area contributed by atoms with Gasteiger partial charge in [0.15, 0.2) is 9.84 Å². The van der Waals surface area contributed by atoms with Crippen LogP contribution in [0.3, 0.4) is 0 Å². The minimum Gasteiger partial charge on any atom is -0.229 e. The summed E-state index contributed by atoms with van der Waals surface area (Å²) in [4.78, 5) is 0. The van der Waals surface area contributed by atoms with Crippen LogP contribution in [0.5, 0.6) is 0 Å². The molecule has 0 radical (unpaired) electrons. The van der Waals surface area contributed by atoms with E-state index >= 15 is 0 Å². The molecule has 1 aliphatic rings. The van der Waals surface area contributed by atoms with Crippen molar-refractivity contribution in [3.63, 3.8) is 0 Å². The summed E-state index contributed by atoms with van der Waals surface area (Å²) in [6.07, 6.45) is 1.54. The second-order valence-corrected chi connectivity index (χ2v) is 6.85. The highest BCUT2D eigenvalue weighted by atomic mass is 32.2. The molecule has 0 N–H and O–H groups in total. The minimum atomic E-state index is -2.80. The number of hydrogen-bond acceptors (Lipinski definition) is 2. The van der Waals surface area contributed by atoms with E-state index in [0.717, 1.165) is 12.8 Å². The monoisotopic (exact) mass is 224 g/mol. The van der Waals surface area contributed by atoms with E-state index in [-0.39, 0.29) is 5.25 Å². The smallest absolute Gasteiger partial charge is 0.152 e. The van der Waals surface area contributed by atoms with Gasteiger partial charge in [0.2, 0.25) is 0 Å². The molecule has 1 fully saturated rings. The van der Waals surface area contributed by atoms with Crippen molar-refractivity contribution in [2.24, 2.45) is 0 Å². The number of rotatable bonds is 1. The van der Waals surface area contributed by atoms with E-state index < -0.39 is 9.84 Å². The highest BCUT2D eigenvalue weighted by Gasteiger charge is 2.31. The molecule has 1 aliphatic heterocycles. The molecular weight excluding hydrogens is 208 g/mol. The predicted molar refractivity (Wildman–Crippen MR) is 61.7 cm³/mol. The molecule has 15 heavy (non-hydrogen) atoms. The second-order valence-electron chi connectivity index (χ2n) is 4.31. The van der Waals surface area contributed by atoms with Gasteiger partial charge >= 0.3 is 0 Å². The van der Waals surface area contributed by atoms with Crippen LogP contribution in [-0.4, -0.2) is 19.4 Å². The Hall–Kier alpha value is -0.830. The zero-order valence-electron chi connectivity index (χ0n) is 8.89. The Bertz CT molecular complexity index is 422. The number of hydrogen-bond donors (Lipinski definition) is 0. The highest BCUT2D eigenvalue weighted by Crippen LogP contribution is 2.32. The van der Waals surface area contributed by atoms with Gasteiger partial charge < -0.3 is 0 Å². The van der Waals surface area contributed by atoms with E-state index in [2.05, 4.69) is 12.1 Å². The Labute approximate surface area is 91.2 Å². The first-order valence-corrected chi connectivity index (χ1v) is 7.07. The van der Waals surface area contributed by atoms with Crippen molar-refractivity contribution < 1.29 is 8.42 Å². The van der Waals surface area contributed by atoms with Gasteiger partial charge in [-0.1, -0.05) is 30.3 Å². The molecular formula is C12H16O2S. The van der Waals surface area contributed by atoms with Gasteiger partial charge in [-0.15, -0.1) is 0 Å². The third-order valence-corrected chi connectivity index (χ3v) is 5.47. The molecule has 0 aromatic heterocycles. The topological polar surface area (TPSA) is 34.1 Å². The van der Waals surface area contributed by atoms with Crippen molar-refractivity contribution in [3.05, 3.63) is 35.9 Å². The van der Waals surface area contributed by atoms with Crippen LogP contribution >= 0.6 is 0 Å². The van der Waals surface area contributed by atoms with Gasteiger partial charge in [0.1, 0.15) is 0 Å². The van der Waals surface area contributed by atoms with Crippen LogP contribution in [0.15, 0.2) is 30.3 Å². The first kappa shape index (κ1) is 10.7. The Morgan fingerprint density at radius 1 is 1.20 bits per heavy atom. The zero-order chi connectivity index (χ0) is 10.9. The van der Waals surface area contributed by atoms with Crippen LogP contribution in [0.1, 0.15) is 31.2 Å². The lowest BCUT2D eigenvalue weighted by atomic mass is 9.92. The summed E-state index contributed by atoms with van der Waals surface area (Å²) in [6, 6.07) is 10.2. The van der Waals surface area contributed by atoms with E-state index in [1.165, 1.54) is 5.56 Å². The van der Waals surface area contributed by atoms with Crippen LogP contribution in [0.4, 0.5) is 0 Å². The van der Waals surface area contributed by atoms with Gasteiger partial charge in [0.25, 0.3) is 0 Å². The second kappa shape index (κ2) is 3.97. The van der Waals surface area contributed by atoms with E-state index in [1.54, 1.807) is 0 Å². The molecule has 1 aromatic carbocycles. The Morgan fingerprint density at radius 3 is 2.47 bits per heavy atom. The maximum absolute atomic E-state index is 11.6. The predicted octanol–water partition coefficient (Wildman–Crippen LogP) is 2.37. The fraction of sp³-hybridized carbons (Fsp3) is 0.500. The fourth-order valence-electron chi connectivity index (χ4n) is 2.20. The average molecular weight is 224 g/mol. The lowest BCUT2D eigenvalue weighted by Gasteiger charge is -2.27. The van der Waals surface area contributed by atoms with Gasteiger partial charge in [-0.3, -0.25) is 0 Å². The molecule has 1 heterocycles. The quantitative estimate of drug-likeness (QED) is 0.734. The first-order valence-electron chi connectivity index (χ1n) is 5.36. The van der Waals surface area contributed by atoms with Crippen LogP contribution < -0.4 is 0 Å². The van der Waals surface area contributed by atoms with E-state index in [1.807, 2.05) is 25.1 Å². The molecule has 1 aromatic rings. The molecule has 1 saturated heterocycles. The maximum atomic E-state index is 11.6. The lowest BCUT2D eigenvalue weighted by Crippen LogP contribution is -2.29. The minimum absolute atomic E-state index is 0.184. The van der Waals surface area contributed by atoms with Crippen LogP contribution in [0, 0.1) is 0 Å². The summed E-state index contributed by atoms with van der Waals surface area (Å²) in [6.45, 7) is 1.82. The van der Waals surface area contributed by atoms with Gasteiger partial charge in [-0.2, -0.15) is 0 Å². The molecule has 0 spiro atoms. The molecule has 2 atom stereocenters. The summed E-state index contributed by atoms with van der Waals surface area (Å²) in [5.41, 5.74) is 1.28. The van der Waals surface area contributed by atoms with Crippen molar-refractivity contribution in [2.45, 2.75) is 30.9 Å². The van der Waals surface area contributed by atoms with Gasteiger partial charge in [-0.25, -0.2) is 8.42 Å². The van der Waals surface area contributed by atoms with Gasteiger partial charge in [-0.05, 0) is 31.2 Å². The molecule has 82 valence electrons.